The first-order valence-electron chi connectivity index (χ1n) is 6.02. The highest BCUT2D eigenvalue weighted by Crippen LogP contribution is 2.34. The maximum atomic E-state index is 12.9. The molecule has 0 spiro atoms. The Morgan fingerprint density at radius 2 is 1.81 bits per heavy atom. The van der Waals surface area contributed by atoms with Gasteiger partial charge in [0.1, 0.15) is 0 Å². The molecule has 2 aromatic rings. The number of nitrogens with one attached hydrogen (secondary N) is 2. The number of nitrogens with zero attached hydrogens (tertiary/aromatic N) is 2. The highest BCUT2D eigenvalue weighted by molar-refractivity contribution is 7.80. The van der Waals surface area contributed by atoms with Crippen molar-refractivity contribution in [2.45, 2.75) is 13.1 Å². The summed E-state index contributed by atoms with van der Waals surface area (Å²) in [4.78, 5) is 0. The van der Waals surface area contributed by atoms with Crippen LogP contribution in [0.1, 0.15) is 11.3 Å². The van der Waals surface area contributed by atoms with Crippen LogP contribution >= 0.6 is 12.2 Å². The first kappa shape index (κ1) is 15.3. The number of rotatable bonds is 2. The zero-order valence-electron chi connectivity index (χ0n) is 11.3. The summed E-state index contributed by atoms with van der Waals surface area (Å²) in [6.45, 7) is 1.77. The summed E-state index contributed by atoms with van der Waals surface area (Å²) in [6.07, 6.45) is -2.75. The first-order valence-corrected chi connectivity index (χ1v) is 6.42. The van der Waals surface area contributed by atoms with Crippen molar-refractivity contribution in [1.29, 1.82) is 0 Å². The van der Waals surface area contributed by atoms with Crippen LogP contribution < -0.4 is 10.6 Å². The van der Waals surface area contributed by atoms with Gasteiger partial charge in [-0.3, -0.25) is 4.68 Å². The van der Waals surface area contributed by atoms with Crippen molar-refractivity contribution in [3.8, 4) is 0 Å². The summed E-state index contributed by atoms with van der Waals surface area (Å²) < 4.78 is 40.2. The molecule has 0 atom stereocenters. The fraction of sp³-hybridized carbons (Fsp3) is 0.231. The van der Waals surface area contributed by atoms with Gasteiger partial charge in [0.15, 0.2) is 5.11 Å². The van der Waals surface area contributed by atoms with Crippen LogP contribution in [0, 0.1) is 6.92 Å². The van der Waals surface area contributed by atoms with Crippen molar-refractivity contribution < 1.29 is 13.2 Å². The molecule has 0 radical (unpaired) electrons. The number of halogens is 3. The zero-order valence-corrected chi connectivity index (χ0v) is 12.1. The maximum Gasteiger partial charge on any atom is 0.418 e. The fourth-order valence-corrected chi connectivity index (χ4v) is 2.06. The average molecular weight is 314 g/mol. The van der Waals surface area contributed by atoms with Gasteiger partial charge in [-0.15, -0.1) is 0 Å². The van der Waals surface area contributed by atoms with Gasteiger partial charge in [0.05, 0.1) is 22.6 Å². The first-order chi connectivity index (χ1) is 9.77. The highest BCUT2D eigenvalue weighted by atomic mass is 32.1. The Morgan fingerprint density at radius 3 is 2.38 bits per heavy atom. The lowest BCUT2D eigenvalue weighted by Gasteiger charge is -2.15. The van der Waals surface area contributed by atoms with Crippen LogP contribution in [0.2, 0.25) is 0 Å². The van der Waals surface area contributed by atoms with Crippen LogP contribution in [0.15, 0.2) is 30.5 Å². The molecule has 0 saturated heterocycles. The average Bonchev–Trinajstić information content (AvgIpc) is 2.67. The van der Waals surface area contributed by atoms with Crippen molar-refractivity contribution in [2.24, 2.45) is 7.05 Å². The Morgan fingerprint density at radius 1 is 1.19 bits per heavy atom. The summed E-state index contributed by atoms with van der Waals surface area (Å²) in [5, 5.41) is 9.58. The highest BCUT2D eigenvalue weighted by Gasteiger charge is 2.33. The number of hydrogen-bond acceptors (Lipinski definition) is 2. The van der Waals surface area contributed by atoms with E-state index in [1.54, 1.807) is 24.9 Å². The van der Waals surface area contributed by atoms with E-state index >= 15 is 0 Å². The number of aromatic nitrogens is 2. The summed E-state index contributed by atoms with van der Waals surface area (Å²) in [7, 11) is 1.74. The van der Waals surface area contributed by atoms with E-state index in [1.807, 2.05) is 0 Å². The molecule has 1 aromatic carbocycles. The third-order valence-electron chi connectivity index (χ3n) is 2.74. The van der Waals surface area contributed by atoms with E-state index in [9.17, 15) is 13.2 Å². The molecule has 2 N–H and O–H groups in total. The second-order valence-electron chi connectivity index (χ2n) is 4.42. The van der Waals surface area contributed by atoms with Crippen molar-refractivity contribution >= 4 is 28.7 Å². The number of hydrogen-bond donors (Lipinski definition) is 2. The fourth-order valence-electron chi connectivity index (χ4n) is 1.84. The lowest BCUT2D eigenvalue weighted by molar-refractivity contribution is -0.136. The molecule has 0 unspecified atom stereocenters. The third kappa shape index (κ3) is 3.72. The summed E-state index contributed by atoms with van der Waals surface area (Å²) in [6, 6.07) is 5.17. The predicted octanol–water partition coefficient (Wildman–Crippen LogP) is 3.56. The zero-order chi connectivity index (χ0) is 15.6. The standard InChI is InChI=1S/C13H13F3N4S/c1-8-11(7-20(2)19-8)18-12(21)17-10-6-4-3-5-9(10)13(14,15)16/h3-7H,1-2H3,(H2,17,18,21). The van der Waals surface area contributed by atoms with Gasteiger partial charge >= 0.3 is 6.18 Å². The number of alkyl halides is 3. The smallest absolute Gasteiger partial charge is 0.332 e. The van der Waals surface area contributed by atoms with Crippen molar-refractivity contribution in [3.63, 3.8) is 0 Å². The minimum atomic E-state index is -4.44. The minimum absolute atomic E-state index is 0.0720. The molecular weight excluding hydrogens is 301 g/mol. The summed E-state index contributed by atoms with van der Waals surface area (Å²) in [5.74, 6) is 0. The Bertz CT molecular complexity index is 664. The molecular formula is C13H13F3N4S. The Balaban J connectivity index is 2.15. The second kappa shape index (κ2) is 5.72. The molecule has 1 heterocycles. The summed E-state index contributed by atoms with van der Waals surface area (Å²) in [5.41, 5.74) is 0.478. The van der Waals surface area contributed by atoms with E-state index in [0.717, 1.165) is 6.07 Å². The largest absolute Gasteiger partial charge is 0.418 e. The molecule has 0 amide bonds. The molecule has 0 aliphatic rings. The molecule has 21 heavy (non-hydrogen) atoms. The predicted molar refractivity (Wildman–Crippen MR) is 79.2 cm³/mol. The van der Waals surface area contributed by atoms with E-state index in [2.05, 4.69) is 15.7 Å². The molecule has 0 aliphatic carbocycles. The molecule has 1 aromatic heterocycles. The van der Waals surface area contributed by atoms with Gasteiger partial charge in [-0.05, 0) is 31.3 Å². The van der Waals surface area contributed by atoms with Gasteiger partial charge in [0.25, 0.3) is 0 Å². The summed E-state index contributed by atoms with van der Waals surface area (Å²) >= 11 is 5.04. The molecule has 0 aliphatic heterocycles. The van der Waals surface area contributed by atoms with Gasteiger partial charge in [-0.1, -0.05) is 12.1 Å². The third-order valence-corrected chi connectivity index (χ3v) is 2.95. The van der Waals surface area contributed by atoms with E-state index in [0.29, 0.717) is 11.4 Å². The number of aryl methyl sites for hydroxylation is 2. The topological polar surface area (TPSA) is 41.9 Å². The minimum Gasteiger partial charge on any atom is -0.332 e. The number of benzene rings is 1. The van der Waals surface area contributed by atoms with E-state index in [-0.39, 0.29) is 10.8 Å². The Kier molecular flexibility index (Phi) is 4.17. The normalized spacial score (nSPS) is 11.3. The molecule has 0 fully saturated rings. The van der Waals surface area contributed by atoms with Crippen LogP contribution in [0.25, 0.3) is 0 Å². The molecule has 2 rings (SSSR count). The second-order valence-corrected chi connectivity index (χ2v) is 4.83. The number of anilines is 2. The maximum absolute atomic E-state index is 12.9. The van der Waals surface area contributed by atoms with Gasteiger partial charge in [0.2, 0.25) is 0 Å². The number of para-hydroxylation sites is 1. The number of thiocarbonyl (C=S) groups is 1. The van der Waals surface area contributed by atoms with E-state index in [4.69, 9.17) is 12.2 Å². The van der Waals surface area contributed by atoms with Crippen LogP contribution in [-0.4, -0.2) is 14.9 Å². The van der Waals surface area contributed by atoms with Gasteiger partial charge in [-0.2, -0.15) is 18.3 Å². The van der Waals surface area contributed by atoms with Crippen molar-refractivity contribution in [3.05, 3.63) is 41.7 Å². The molecule has 0 saturated carbocycles. The molecule has 4 nitrogen and oxygen atoms in total. The monoisotopic (exact) mass is 314 g/mol. The van der Waals surface area contributed by atoms with Crippen LogP contribution in [-0.2, 0) is 13.2 Å². The molecule has 8 heteroatoms. The molecule has 0 bridgehead atoms. The Hall–Kier alpha value is -2.09. The van der Waals surface area contributed by atoms with E-state index in [1.165, 1.54) is 18.2 Å². The van der Waals surface area contributed by atoms with Gasteiger partial charge < -0.3 is 10.6 Å². The van der Waals surface area contributed by atoms with E-state index < -0.39 is 11.7 Å². The Labute approximate surface area is 125 Å². The van der Waals surface area contributed by atoms with Crippen molar-refractivity contribution in [1.82, 2.24) is 9.78 Å². The lowest BCUT2D eigenvalue weighted by atomic mass is 10.1. The van der Waals surface area contributed by atoms with Gasteiger partial charge in [-0.25, -0.2) is 0 Å². The van der Waals surface area contributed by atoms with Gasteiger partial charge in [0, 0.05) is 13.2 Å². The lowest BCUT2D eigenvalue weighted by Crippen LogP contribution is -2.21. The quantitative estimate of drug-likeness (QED) is 0.832. The van der Waals surface area contributed by atoms with Crippen LogP contribution in [0.4, 0.5) is 24.5 Å². The van der Waals surface area contributed by atoms with Crippen molar-refractivity contribution in [2.75, 3.05) is 10.6 Å². The van der Waals surface area contributed by atoms with Crippen LogP contribution in [0.3, 0.4) is 0 Å². The van der Waals surface area contributed by atoms with Crippen LogP contribution in [0.5, 0.6) is 0 Å². The SMILES string of the molecule is Cc1nn(C)cc1NC(=S)Nc1ccccc1C(F)(F)F. The molecule has 112 valence electrons.